The van der Waals surface area contributed by atoms with Crippen molar-refractivity contribution in [3.8, 4) is 0 Å². The molecule has 0 aromatic carbocycles. The highest BCUT2D eigenvalue weighted by molar-refractivity contribution is 7.99. The van der Waals surface area contributed by atoms with Gasteiger partial charge in [-0.05, 0) is 24.3 Å². The Morgan fingerprint density at radius 1 is 0.870 bits per heavy atom. The van der Waals surface area contributed by atoms with Crippen molar-refractivity contribution in [1.29, 1.82) is 0 Å². The number of carboxylic acid groups (broad SMARTS) is 2. The lowest BCUT2D eigenvalue weighted by Gasteiger charge is -1.95. The van der Waals surface area contributed by atoms with Crippen LogP contribution in [0.4, 0.5) is 0 Å². The van der Waals surface area contributed by atoms with Crippen LogP contribution in [-0.2, 0) is 9.59 Å². The maximum absolute atomic E-state index is 9.76. The fraction of sp³-hybridized carbons (Fsp3) is 0.857. The summed E-state index contributed by atoms with van der Waals surface area (Å²) in [6.45, 7) is 4.06. The second-order valence-corrected chi connectivity index (χ2v) is 7.65. The smallest absolute Gasteiger partial charge is 0.304 e. The van der Waals surface area contributed by atoms with Crippen molar-refractivity contribution in [2.24, 2.45) is 0 Å². The van der Waals surface area contributed by atoms with Crippen LogP contribution in [0.5, 0.6) is 0 Å². The van der Waals surface area contributed by atoms with Crippen LogP contribution in [0.1, 0.15) is 39.5 Å². The van der Waals surface area contributed by atoms with Crippen molar-refractivity contribution in [3.63, 3.8) is 0 Å². The highest BCUT2D eigenvalue weighted by Gasteiger charge is 1.99. The average molecular weight is 391 g/mol. The first-order chi connectivity index (χ1) is 10.7. The SMILES string of the molecule is CC(S)CC(=O)O.CC(S)CC(=O)O.OCCCSCCCO. The minimum atomic E-state index is -0.789. The standard InChI is InChI=1S/C6H14O2S.2C4H8O2S/c7-3-1-5-9-6-2-4-8;2*1-3(7)2-4(5)6/h7-8H,1-6H2;2*3,7H,2H2,1H3,(H,5,6). The van der Waals surface area contributed by atoms with Gasteiger partial charge in [0.1, 0.15) is 0 Å². The van der Waals surface area contributed by atoms with Crippen molar-refractivity contribution in [3.05, 3.63) is 0 Å². The topological polar surface area (TPSA) is 115 Å². The predicted molar refractivity (Wildman–Crippen MR) is 102 cm³/mol. The van der Waals surface area contributed by atoms with E-state index < -0.39 is 11.9 Å². The monoisotopic (exact) mass is 390 g/mol. The molecule has 0 aliphatic heterocycles. The molecular weight excluding hydrogens is 360 g/mol. The zero-order valence-corrected chi connectivity index (χ0v) is 16.3. The van der Waals surface area contributed by atoms with Gasteiger partial charge in [-0.25, -0.2) is 0 Å². The van der Waals surface area contributed by atoms with Crippen LogP contribution >= 0.6 is 37.0 Å². The summed E-state index contributed by atoms with van der Waals surface area (Å²) >= 11 is 9.50. The molecule has 0 saturated heterocycles. The van der Waals surface area contributed by atoms with Gasteiger partial charge in [-0.3, -0.25) is 9.59 Å². The Morgan fingerprint density at radius 2 is 1.17 bits per heavy atom. The number of hydrogen-bond donors (Lipinski definition) is 6. The first-order valence-electron chi connectivity index (χ1n) is 7.26. The molecule has 0 aromatic rings. The number of aliphatic hydroxyl groups excluding tert-OH is 2. The maximum atomic E-state index is 9.76. The molecule has 0 aliphatic rings. The molecule has 9 heteroatoms. The zero-order chi connectivity index (χ0) is 18.7. The quantitative estimate of drug-likeness (QED) is 0.250. The Hall–Kier alpha value is -0.0900. The summed E-state index contributed by atoms with van der Waals surface area (Å²) in [4.78, 5) is 19.5. The molecule has 2 unspecified atom stereocenters. The largest absolute Gasteiger partial charge is 0.481 e. The molecule has 2 atom stereocenters. The van der Waals surface area contributed by atoms with Crippen LogP contribution in [0.2, 0.25) is 0 Å². The summed E-state index contributed by atoms with van der Waals surface area (Å²) in [6, 6.07) is 0. The van der Waals surface area contributed by atoms with Gasteiger partial charge in [-0.2, -0.15) is 37.0 Å². The van der Waals surface area contributed by atoms with Crippen molar-refractivity contribution in [2.75, 3.05) is 24.7 Å². The van der Waals surface area contributed by atoms with Crippen LogP contribution in [0.15, 0.2) is 0 Å². The number of aliphatic carboxylic acids is 2. The Labute approximate surface area is 153 Å². The summed E-state index contributed by atoms with van der Waals surface area (Å²) in [5, 5.41) is 32.7. The van der Waals surface area contributed by atoms with E-state index in [0.717, 1.165) is 24.3 Å². The summed E-state index contributed by atoms with van der Waals surface area (Å²) in [5.74, 6) is 0.442. The number of thioether (sulfide) groups is 1. The Balaban J connectivity index is -0.000000264. The maximum Gasteiger partial charge on any atom is 0.304 e. The Kier molecular flexibility index (Phi) is 26.4. The van der Waals surface area contributed by atoms with Gasteiger partial charge in [0.2, 0.25) is 0 Å². The average Bonchev–Trinajstić information content (AvgIpc) is 2.36. The second kappa shape index (κ2) is 21.9. The normalized spacial score (nSPS) is 12.1. The van der Waals surface area contributed by atoms with E-state index in [2.05, 4.69) is 25.3 Å². The molecule has 0 amide bonds. The van der Waals surface area contributed by atoms with Crippen LogP contribution in [0.3, 0.4) is 0 Å². The first-order valence-corrected chi connectivity index (χ1v) is 9.45. The molecule has 0 rings (SSSR count). The van der Waals surface area contributed by atoms with Gasteiger partial charge in [0, 0.05) is 23.7 Å². The Bertz CT molecular complexity index is 249. The summed E-state index contributed by atoms with van der Waals surface area (Å²) < 4.78 is 0. The summed E-state index contributed by atoms with van der Waals surface area (Å²) in [5.41, 5.74) is 0. The second-order valence-electron chi connectivity index (χ2n) is 4.66. The van der Waals surface area contributed by atoms with Crippen LogP contribution in [-0.4, -0.2) is 67.6 Å². The minimum absolute atomic E-state index is 0.0301. The Morgan fingerprint density at radius 3 is 1.30 bits per heavy atom. The van der Waals surface area contributed by atoms with Gasteiger partial charge in [0.05, 0.1) is 12.8 Å². The van der Waals surface area contributed by atoms with E-state index in [1.54, 1.807) is 25.6 Å². The zero-order valence-electron chi connectivity index (χ0n) is 13.7. The van der Waals surface area contributed by atoms with Gasteiger partial charge in [-0.1, -0.05) is 13.8 Å². The molecule has 140 valence electrons. The number of carboxylic acids is 2. The number of aliphatic hydroxyl groups is 2. The molecule has 23 heavy (non-hydrogen) atoms. The van der Waals surface area contributed by atoms with E-state index >= 15 is 0 Å². The van der Waals surface area contributed by atoms with Gasteiger partial charge in [0.25, 0.3) is 0 Å². The number of hydrogen-bond acceptors (Lipinski definition) is 7. The van der Waals surface area contributed by atoms with E-state index in [1.165, 1.54) is 0 Å². The molecular formula is C14H30O6S3. The fourth-order valence-corrected chi connectivity index (χ4v) is 2.12. The molecule has 0 fully saturated rings. The third-order valence-corrected chi connectivity index (χ3v) is 3.35. The third kappa shape index (κ3) is 44.9. The molecule has 0 bridgehead atoms. The van der Waals surface area contributed by atoms with E-state index in [9.17, 15) is 9.59 Å². The summed E-state index contributed by atoms with van der Waals surface area (Å²) in [6.07, 6.45) is 2.03. The van der Waals surface area contributed by atoms with Crippen LogP contribution in [0, 0.1) is 0 Å². The molecule has 0 aromatic heterocycles. The highest BCUT2D eigenvalue weighted by atomic mass is 32.2. The van der Waals surface area contributed by atoms with Crippen molar-refractivity contribution in [2.45, 2.75) is 50.0 Å². The van der Waals surface area contributed by atoms with E-state index in [0.29, 0.717) is 0 Å². The van der Waals surface area contributed by atoms with Gasteiger partial charge < -0.3 is 20.4 Å². The first kappa shape index (κ1) is 27.7. The number of carbonyl (C=O) groups is 2. The fourth-order valence-electron chi connectivity index (χ4n) is 0.941. The summed E-state index contributed by atoms with van der Waals surface area (Å²) in [7, 11) is 0. The number of rotatable bonds is 10. The molecule has 6 nitrogen and oxygen atoms in total. The van der Waals surface area contributed by atoms with Crippen LogP contribution < -0.4 is 0 Å². The molecule has 0 spiro atoms. The highest BCUT2D eigenvalue weighted by Crippen LogP contribution is 2.02. The van der Waals surface area contributed by atoms with Crippen molar-refractivity contribution >= 4 is 49.0 Å². The lowest BCUT2D eigenvalue weighted by molar-refractivity contribution is -0.137. The van der Waals surface area contributed by atoms with Gasteiger partial charge >= 0.3 is 11.9 Å². The molecule has 0 aliphatic carbocycles. The molecule has 4 N–H and O–H groups in total. The van der Waals surface area contributed by atoms with Gasteiger partial charge in [0.15, 0.2) is 0 Å². The van der Waals surface area contributed by atoms with E-state index in [1.807, 2.05) is 0 Å². The van der Waals surface area contributed by atoms with E-state index in [-0.39, 0.29) is 36.6 Å². The lowest BCUT2D eigenvalue weighted by Crippen LogP contribution is -2.01. The minimum Gasteiger partial charge on any atom is -0.481 e. The molecule has 0 heterocycles. The predicted octanol–water partition coefficient (Wildman–Crippen LogP) is 2.04. The van der Waals surface area contributed by atoms with Crippen LogP contribution in [0.25, 0.3) is 0 Å². The van der Waals surface area contributed by atoms with Crippen molar-refractivity contribution < 1.29 is 30.0 Å². The van der Waals surface area contributed by atoms with E-state index in [4.69, 9.17) is 20.4 Å². The molecule has 0 saturated carbocycles. The van der Waals surface area contributed by atoms with Crippen molar-refractivity contribution in [1.82, 2.24) is 0 Å². The van der Waals surface area contributed by atoms with Gasteiger partial charge in [-0.15, -0.1) is 0 Å². The third-order valence-electron chi connectivity index (χ3n) is 1.83. The number of thiol groups is 2. The molecule has 0 radical (unpaired) electrons. The lowest BCUT2D eigenvalue weighted by atomic mass is 10.3.